The fraction of sp³-hybridized carbons (Fsp3) is 0.0870. The Hall–Kier alpha value is -2.51. The van der Waals surface area contributed by atoms with Gasteiger partial charge in [0.05, 0.1) is 0 Å². The van der Waals surface area contributed by atoms with Crippen molar-refractivity contribution in [2.75, 3.05) is 5.32 Å². The van der Waals surface area contributed by atoms with Gasteiger partial charge in [0.1, 0.15) is 0 Å². The van der Waals surface area contributed by atoms with Crippen molar-refractivity contribution < 1.29 is 38.1 Å². The summed E-state index contributed by atoms with van der Waals surface area (Å²) in [5, 5.41) is 3.80. The number of halogens is 2. The molecule has 4 nitrogen and oxygen atoms in total. The summed E-state index contributed by atoms with van der Waals surface area (Å²) < 4.78 is 1.69. The first-order valence-corrected chi connectivity index (χ1v) is 9.27. The average Bonchev–Trinajstić information content (AvgIpc) is 2.69. The van der Waals surface area contributed by atoms with Crippen LogP contribution in [-0.4, -0.2) is 11.6 Å². The van der Waals surface area contributed by atoms with Crippen LogP contribution in [0.2, 0.25) is 5.02 Å². The van der Waals surface area contributed by atoms with Crippen LogP contribution in [0.5, 0.6) is 0 Å². The Labute approximate surface area is 191 Å². The number of carbonyl (C=O) groups excluding carboxylic acids is 2. The van der Waals surface area contributed by atoms with Crippen LogP contribution >= 0.6 is 11.6 Å². The Kier molecular flexibility index (Phi) is 6.19. The normalized spacial score (nSPS) is 13.1. The van der Waals surface area contributed by atoms with Crippen LogP contribution in [0.15, 0.2) is 72.7 Å². The number of allylic oxidation sites excluding steroid dienone is 2. The van der Waals surface area contributed by atoms with Crippen molar-refractivity contribution in [2.45, 2.75) is 13.8 Å². The molecule has 0 bridgehead atoms. The molecular weight excluding hydrogens is 499 g/mol. The Morgan fingerprint density at radius 3 is 2.10 bits per heavy atom. The molecule has 0 atom stereocenters. The first kappa shape index (κ1) is 21.2. The Morgan fingerprint density at radius 2 is 1.48 bits per heavy atom. The summed E-state index contributed by atoms with van der Waals surface area (Å²) >= 11 is 6.05. The lowest BCUT2D eigenvalue weighted by Gasteiger charge is -2.19. The van der Waals surface area contributed by atoms with Crippen molar-refractivity contribution in [1.82, 2.24) is 0 Å². The third-order valence-electron chi connectivity index (χ3n) is 4.80. The smallest absolute Gasteiger partial charge is 0.286 e. The number of benzene rings is 2. The molecule has 0 saturated heterocycles. The zero-order valence-corrected chi connectivity index (χ0v) is 18.8. The summed E-state index contributed by atoms with van der Waals surface area (Å²) in [6, 6.07) is 16.1. The molecule has 1 heterocycles. The number of fused-ring (bicyclic) bond motifs is 1. The van der Waals surface area contributed by atoms with Gasteiger partial charge in [-0.05, 0) is 43.2 Å². The molecule has 1 aliphatic rings. The highest BCUT2D eigenvalue weighted by Gasteiger charge is 2.38. The summed E-state index contributed by atoms with van der Waals surface area (Å²) in [6.45, 7) is 3.87. The Balaban J connectivity index is 0.00000240. The minimum atomic E-state index is -0.215. The molecule has 0 spiro atoms. The summed E-state index contributed by atoms with van der Waals surface area (Å²) in [5.74, 6) is -0.411. The number of rotatable bonds is 3. The van der Waals surface area contributed by atoms with Gasteiger partial charge in [-0.1, -0.05) is 35.9 Å². The van der Waals surface area contributed by atoms with Crippen LogP contribution in [0, 0.1) is 13.8 Å². The lowest BCUT2D eigenvalue weighted by atomic mass is 9.90. The molecule has 0 unspecified atom stereocenters. The van der Waals surface area contributed by atoms with Gasteiger partial charge in [0, 0.05) is 34.0 Å². The maximum atomic E-state index is 13.3. The van der Waals surface area contributed by atoms with E-state index in [0.717, 1.165) is 16.8 Å². The monoisotopic (exact) mass is 516 g/mol. The second-order valence-electron chi connectivity index (χ2n) is 6.79. The van der Waals surface area contributed by atoms with Gasteiger partial charge in [0.15, 0.2) is 18.1 Å². The molecule has 29 heavy (non-hydrogen) atoms. The molecule has 146 valence electrons. The fourth-order valence-corrected chi connectivity index (χ4v) is 3.50. The molecule has 0 saturated carbocycles. The summed E-state index contributed by atoms with van der Waals surface area (Å²) in [6.07, 6.45) is 3.58. The van der Waals surface area contributed by atoms with E-state index in [1.165, 1.54) is 0 Å². The standard InChI is InChI=1S/C23H17ClN2O2.HI/c1-14-9-11-26(12-10-14)21-20(25-19-8-7-16(24)13-15(19)2)22(27)17-5-3-4-6-18(17)23(21)28;/h3-13H,1-2H3;1H. The summed E-state index contributed by atoms with van der Waals surface area (Å²) in [4.78, 5) is 26.6. The number of ketones is 2. The molecule has 2 aromatic carbocycles. The predicted molar refractivity (Wildman–Crippen MR) is 110 cm³/mol. The molecule has 0 amide bonds. The minimum Gasteiger partial charge on any atom is -1.00 e. The average molecular weight is 517 g/mol. The summed E-state index contributed by atoms with van der Waals surface area (Å²) in [7, 11) is 0. The van der Waals surface area contributed by atoms with Crippen LogP contribution < -0.4 is 33.9 Å². The van der Waals surface area contributed by atoms with E-state index in [4.69, 9.17) is 11.6 Å². The molecule has 1 N–H and O–H groups in total. The third kappa shape index (κ3) is 3.97. The third-order valence-corrected chi connectivity index (χ3v) is 5.03. The number of pyridine rings is 1. The number of nitrogens with zero attached hydrogens (tertiary/aromatic N) is 1. The number of Topliss-reactive ketones (excluding diaryl/α,β-unsaturated/α-hetero) is 2. The number of anilines is 1. The van der Waals surface area contributed by atoms with Crippen molar-refractivity contribution in [2.24, 2.45) is 0 Å². The second-order valence-corrected chi connectivity index (χ2v) is 7.23. The van der Waals surface area contributed by atoms with Crippen LogP contribution in [0.3, 0.4) is 0 Å². The van der Waals surface area contributed by atoms with Crippen molar-refractivity contribution in [3.63, 3.8) is 0 Å². The molecule has 3 aromatic rings. The second kappa shape index (κ2) is 8.47. The van der Waals surface area contributed by atoms with Crippen molar-refractivity contribution >= 4 is 34.6 Å². The van der Waals surface area contributed by atoms with Crippen molar-refractivity contribution in [3.05, 3.63) is 100.0 Å². The van der Waals surface area contributed by atoms with Crippen molar-refractivity contribution in [3.8, 4) is 0 Å². The topological polar surface area (TPSA) is 50.1 Å². The lowest BCUT2D eigenvalue weighted by molar-refractivity contribution is -0.577. The minimum absolute atomic E-state index is 0. The zero-order valence-electron chi connectivity index (χ0n) is 15.9. The van der Waals surface area contributed by atoms with Gasteiger partial charge in [-0.3, -0.25) is 9.59 Å². The highest BCUT2D eigenvalue weighted by Crippen LogP contribution is 2.29. The van der Waals surface area contributed by atoms with Crippen LogP contribution in [-0.2, 0) is 0 Å². The molecular formula is C23H18ClIN2O2. The van der Waals surface area contributed by atoms with E-state index in [2.05, 4.69) is 5.32 Å². The maximum Gasteiger partial charge on any atom is 0.286 e. The molecule has 1 aromatic heterocycles. The fourth-order valence-electron chi connectivity index (χ4n) is 3.28. The number of aromatic nitrogens is 1. The van der Waals surface area contributed by atoms with Gasteiger partial charge in [0.25, 0.3) is 11.5 Å². The number of nitrogens with one attached hydrogen (secondary N) is 1. The van der Waals surface area contributed by atoms with Crippen LogP contribution in [0.25, 0.3) is 5.70 Å². The van der Waals surface area contributed by atoms with E-state index >= 15 is 0 Å². The maximum absolute atomic E-state index is 13.3. The molecule has 4 rings (SSSR count). The van der Waals surface area contributed by atoms with Crippen molar-refractivity contribution in [1.29, 1.82) is 0 Å². The number of hydrogen-bond donors (Lipinski definition) is 1. The molecule has 0 aliphatic heterocycles. The van der Waals surface area contributed by atoms with Crippen LogP contribution in [0.1, 0.15) is 31.8 Å². The summed E-state index contributed by atoms with van der Waals surface area (Å²) in [5.41, 5.74) is 4.04. The van der Waals surface area contributed by atoms with Gasteiger partial charge in [-0.15, -0.1) is 0 Å². The lowest BCUT2D eigenvalue weighted by Crippen LogP contribution is -3.00. The molecule has 0 radical (unpaired) electrons. The largest absolute Gasteiger partial charge is 1.00 e. The van der Waals surface area contributed by atoms with E-state index in [1.807, 2.05) is 32.0 Å². The quantitative estimate of drug-likeness (QED) is 0.425. The van der Waals surface area contributed by atoms with E-state index in [1.54, 1.807) is 53.4 Å². The number of aryl methyl sites for hydroxylation is 2. The van der Waals surface area contributed by atoms with Gasteiger partial charge in [0.2, 0.25) is 5.78 Å². The van der Waals surface area contributed by atoms with Gasteiger partial charge in [-0.25, -0.2) is 0 Å². The van der Waals surface area contributed by atoms with Gasteiger partial charge in [-0.2, -0.15) is 4.57 Å². The predicted octanol–water partition coefficient (Wildman–Crippen LogP) is 1.61. The van der Waals surface area contributed by atoms with E-state index < -0.39 is 0 Å². The zero-order chi connectivity index (χ0) is 19.8. The highest BCUT2D eigenvalue weighted by atomic mass is 127. The van der Waals surface area contributed by atoms with Crippen LogP contribution in [0.4, 0.5) is 5.69 Å². The molecule has 1 aliphatic carbocycles. The first-order chi connectivity index (χ1) is 13.5. The molecule has 0 fully saturated rings. The number of carbonyl (C=O) groups is 2. The van der Waals surface area contributed by atoms with E-state index in [-0.39, 0.29) is 41.2 Å². The van der Waals surface area contributed by atoms with Gasteiger partial charge >= 0.3 is 0 Å². The Bertz CT molecular complexity index is 1150. The highest BCUT2D eigenvalue weighted by molar-refractivity contribution is 6.36. The van der Waals surface area contributed by atoms with Gasteiger partial charge < -0.3 is 29.3 Å². The van der Waals surface area contributed by atoms with E-state index in [9.17, 15) is 9.59 Å². The SMILES string of the molecule is Cc1cc[n+](C2=C(Nc3ccc(Cl)cc3C)C(=O)c3ccccc3C2=O)cc1.[I-]. The Morgan fingerprint density at radius 1 is 0.862 bits per heavy atom. The number of hydrogen-bond acceptors (Lipinski definition) is 3. The first-order valence-electron chi connectivity index (χ1n) is 8.90. The molecule has 6 heteroatoms. The van der Waals surface area contributed by atoms with E-state index in [0.29, 0.717) is 21.8 Å².